The Kier molecular flexibility index (Phi) is 4.76. The highest BCUT2D eigenvalue weighted by Crippen LogP contribution is 2.30. The van der Waals surface area contributed by atoms with Gasteiger partial charge in [0.1, 0.15) is 6.04 Å². The van der Waals surface area contributed by atoms with Gasteiger partial charge in [0.05, 0.1) is 5.69 Å². The fourth-order valence-electron chi connectivity index (χ4n) is 2.56. The first kappa shape index (κ1) is 14.3. The van der Waals surface area contributed by atoms with Crippen molar-refractivity contribution in [3.05, 3.63) is 11.1 Å². The van der Waals surface area contributed by atoms with Gasteiger partial charge >= 0.3 is 5.97 Å². The molecular formula is C13H21N3O2S. The number of anilines is 1. The lowest BCUT2D eigenvalue weighted by Gasteiger charge is -2.35. The lowest BCUT2D eigenvalue weighted by molar-refractivity contribution is -0.138. The summed E-state index contributed by atoms with van der Waals surface area (Å²) in [5.41, 5.74) is 6.07. The smallest absolute Gasteiger partial charge is 0.326 e. The van der Waals surface area contributed by atoms with E-state index in [0.717, 1.165) is 18.1 Å². The molecule has 1 aromatic rings. The largest absolute Gasteiger partial charge is 0.480 e. The van der Waals surface area contributed by atoms with E-state index < -0.39 is 12.0 Å². The van der Waals surface area contributed by atoms with Crippen LogP contribution in [0.5, 0.6) is 0 Å². The molecule has 2 heterocycles. The molecule has 0 bridgehead atoms. The molecule has 106 valence electrons. The third-order valence-electron chi connectivity index (χ3n) is 3.59. The molecule has 0 aromatic carbocycles. The van der Waals surface area contributed by atoms with Gasteiger partial charge in [-0.3, -0.25) is 4.79 Å². The maximum absolute atomic E-state index is 10.9. The number of nitrogens with two attached hydrogens (primary N) is 1. The van der Waals surface area contributed by atoms with Crippen molar-refractivity contribution >= 4 is 22.4 Å². The highest BCUT2D eigenvalue weighted by molar-refractivity contribution is 7.13. The van der Waals surface area contributed by atoms with Crippen molar-refractivity contribution in [1.82, 2.24) is 4.98 Å². The number of nitrogens with zero attached hydrogens (tertiary/aromatic N) is 2. The van der Waals surface area contributed by atoms with Crippen LogP contribution >= 0.6 is 11.3 Å². The number of hydrogen-bond donors (Lipinski definition) is 2. The lowest BCUT2D eigenvalue weighted by atomic mass is 9.99. The normalized spacial score (nSPS) is 21.4. The molecule has 1 fully saturated rings. The van der Waals surface area contributed by atoms with Gasteiger partial charge in [0.25, 0.3) is 0 Å². The summed E-state index contributed by atoms with van der Waals surface area (Å²) in [5.74, 6) is -1.03. The highest BCUT2D eigenvalue weighted by atomic mass is 32.1. The van der Waals surface area contributed by atoms with Crippen molar-refractivity contribution in [3.63, 3.8) is 0 Å². The van der Waals surface area contributed by atoms with Crippen molar-refractivity contribution in [2.75, 3.05) is 11.4 Å². The monoisotopic (exact) mass is 283 g/mol. The maximum atomic E-state index is 10.9. The molecule has 2 unspecified atom stereocenters. The zero-order chi connectivity index (χ0) is 13.8. The summed E-state index contributed by atoms with van der Waals surface area (Å²) in [6.45, 7) is 3.21. The standard InChI is InChI=1S/C13H21N3O2S/c1-2-5-9-6-3-4-7-16(9)13-15-10(8-19-13)11(14)12(17)18/h8-9,11H,2-7,14H2,1H3,(H,17,18). The second kappa shape index (κ2) is 6.34. The van der Waals surface area contributed by atoms with Crippen LogP contribution in [0.15, 0.2) is 5.38 Å². The molecule has 0 aliphatic carbocycles. The molecule has 6 heteroatoms. The van der Waals surface area contributed by atoms with Crippen LogP contribution in [-0.4, -0.2) is 28.6 Å². The van der Waals surface area contributed by atoms with Gasteiger partial charge in [-0.1, -0.05) is 13.3 Å². The van der Waals surface area contributed by atoms with Crippen molar-refractivity contribution in [3.8, 4) is 0 Å². The summed E-state index contributed by atoms with van der Waals surface area (Å²) in [6, 6.07) is -0.474. The van der Waals surface area contributed by atoms with E-state index in [2.05, 4.69) is 16.8 Å². The van der Waals surface area contributed by atoms with Gasteiger partial charge in [0, 0.05) is 18.0 Å². The van der Waals surface area contributed by atoms with E-state index >= 15 is 0 Å². The molecule has 1 aromatic heterocycles. The Bertz CT molecular complexity index is 433. The average Bonchev–Trinajstić information content (AvgIpc) is 2.88. The lowest BCUT2D eigenvalue weighted by Crippen LogP contribution is -2.39. The zero-order valence-corrected chi connectivity index (χ0v) is 12.0. The Labute approximate surface area is 117 Å². The Balaban J connectivity index is 2.13. The van der Waals surface area contributed by atoms with Crippen LogP contribution < -0.4 is 10.6 Å². The quantitative estimate of drug-likeness (QED) is 0.867. The summed E-state index contributed by atoms with van der Waals surface area (Å²) in [6.07, 6.45) is 5.98. The van der Waals surface area contributed by atoms with Gasteiger partial charge in [0.15, 0.2) is 5.13 Å². The number of rotatable bonds is 5. The Morgan fingerprint density at radius 2 is 2.47 bits per heavy atom. The van der Waals surface area contributed by atoms with Crippen LogP contribution in [-0.2, 0) is 4.79 Å². The minimum absolute atomic E-state index is 0.466. The number of carboxylic acids is 1. The Morgan fingerprint density at radius 1 is 1.68 bits per heavy atom. The zero-order valence-electron chi connectivity index (χ0n) is 11.2. The third kappa shape index (κ3) is 3.25. The van der Waals surface area contributed by atoms with E-state index in [1.165, 1.54) is 37.0 Å². The van der Waals surface area contributed by atoms with Gasteiger partial charge in [-0.05, 0) is 25.7 Å². The molecular weight excluding hydrogens is 262 g/mol. The molecule has 0 radical (unpaired) electrons. The SMILES string of the molecule is CCCC1CCCCN1c1nc(C(N)C(=O)O)cs1. The van der Waals surface area contributed by atoms with Crippen LogP contribution in [0.25, 0.3) is 0 Å². The maximum Gasteiger partial charge on any atom is 0.326 e. The third-order valence-corrected chi connectivity index (χ3v) is 4.49. The van der Waals surface area contributed by atoms with Crippen molar-refractivity contribution in [2.24, 2.45) is 5.73 Å². The van der Waals surface area contributed by atoms with E-state index in [4.69, 9.17) is 10.8 Å². The van der Waals surface area contributed by atoms with Crippen molar-refractivity contribution in [1.29, 1.82) is 0 Å². The predicted octanol–water partition coefficient (Wildman–Crippen LogP) is 2.39. The number of carbonyl (C=O) groups is 1. The number of piperidine rings is 1. The van der Waals surface area contributed by atoms with Crippen LogP contribution in [0.2, 0.25) is 0 Å². The summed E-state index contributed by atoms with van der Waals surface area (Å²) in [4.78, 5) is 17.6. The molecule has 5 nitrogen and oxygen atoms in total. The van der Waals surface area contributed by atoms with E-state index in [0.29, 0.717) is 11.7 Å². The molecule has 19 heavy (non-hydrogen) atoms. The molecule has 2 atom stereocenters. The topological polar surface area (TPSA) is 79.5 Å². The summed E-state index contributed by atoms with van der Waals surface area (Å²) in [5, 5.41) is 11.6. The summed E-state index contributed by atoms with van der Waals surface area (Å²) >= 11 is 1.50. The molecule has 1 saturated heterocycles. The first-order valence-electron chi connectivity index (χ1n) is 6.84. The fourth-order valence-corrected chi connectivity index (χ4v) is 3.52. The Morgan fingerprint density at radius 3 is 3.16 bits per heavy atom. The van der Waals surface area contributed by atoms with E-state index in [1.807, 2.05) is 0 Å². The molecule has 0 amide bonds. The van der Waals surface area contributed by atoms with E-state index in [-0.39, 0.29) is 0 Å². The first-order chi connectivity index (χ1) is 9.13. The molecule has 1 aliphatic rings. The minimum atomic E-state index is -1.03. The number of aromatic nitrogens is 1. The van der Waals surface area contributed by atoms with Crippen LogP contribution in [0, 0.1) is 0 Å². The number of aliphatic carboxylic acids is 1. The second-order valence-electron chi connectivity index (χ2n) is 5.00. The molecule has 2 rings (SSSR count). The van der Waals surface area contributed by atoms with Crippen molar-refractivity contribution in [2.45, 2.75) is 51.1 Å². The van der Waals surface area contributed by atoms with Crippen molar-refractivity contribution < 1.29 is 9.90 Å². The number of hydrogen-bond acceptors (Lipinski definition) is 5. The van der Waals surface area contributed by atoms with Crippen LogP contribution in [0.4, 0.5) is 5.13 Å². The van der Waals surface area contributed by atoms with Gasteiger partial charge < -0.3 is 15.7 Å². The summed E-state index contributed by atoms with van der Waals surface area (Å²) in [7, 11) is 0. The highest BCUT2D eigenvalue weighted by Gasteiger charge is 2.25. The number of thiazole rings is 1. The van der Waals surface area contributed by atoms with Gasteiger partial charge in [-0.2, -0.15) is 0 Å². The molecule has 0 saturated carbocycles. The minimum Gasteiger partial charge on any atom is -0.480 e. The van der Waals surface area contributed by atoms with E-state index in [9.17, 15) is 4.79 Å². The molecule has 1 aliphatic heterocycles. The van der Waals surface area contributed by atoms with Crippen LogP contribution in [0.1, 0.15) is 50.8 Å². The van der Waals surface area contributed by atoms with Gasteiger partial charge in [-0.25, -0.2) is 4.98 Å². The fraction of sp³-hybridized carbons (Fsp3) is 0.692. The first-order valence-corrected chi connectivity index (χ1v) is 7.72. The number of carboxylic acid groups (broad SMARTS) is 1. The average molecular weight is 283 g/mol. The second-order valence-corrected chi connectivity index (χ2v) is 5.84. The molecule has 0 spiro atoms. The van der Waals surface area contributed by atoms with Gasteiger partial charge in [-0.15, -0.1) is 11.3 Å². The Hall–Kier alpha value is -1.14. The predicted molar refractivity (Wildman–Crippen MR) is 76.6 cm³/mol. The summed E-state index contributed by atoms with van der Waals surface area (Å²) < 4.78 is 0. The van der Waals surface area contributed by atoms with Crippen LogP contribution in [0.3, 0.4) is 0 Å². The van der Waals surface area contributed by atoms with Gasteiger partial charge in [0.2, 0.25) is 0 Å². The molecule has 3 N–H and O–H groups in total. The van der Waals surface area contributed by atoms with E-state index in [1.54, 1.807) is 5.38 Å².